The van der Waals surface area contributed by atoms with Crippen LogP contribution in [0.25, 0.3) is 0 Å². The van der Waals surface area contributed by atoms with Gasteiger partial charge in [0.15, 0.2) is 0 Å². The van der Waals surface area contributed by atoms with Crippen LogP contribution in [0.5, 0.6) is 0 Å². The lowest BCUT2D eigenvalue weighted by Crippen LogP contribution is -2.34. The van der Waals surface area contributed by atoms with Crippen LogP contribution in [0.2, 0.25) is 0 Å². The van der Waals surface area contributed by atoms with Gasteiger partial charge in [-0.2, -0.15) is 5.26 Å². The topological polar surface area (TPSA) is 95.0 Å². The SMILES string of the molecule is N#CCCN(C(=O)c1ccc(NN)nc1)C1CC1. The number of nitrogens with zero attached hydrogens (tertiary/aromatic N) is 3. The fraction of sp³-hybridized carbons (Fsp3) is 0.417. The van der Waals surface area contributed by atoms with E-state index in [1.807, 2.05) is 0 Å². The maximum Gasteiger partial charge on any atom is 0.255 e. The van der Waals surface area contributed by atoms with Crippen LogP contribution in [-0.2, 0) is 0 Å². The third kappa shape index (κ3) is 2.76. The molecular formula is C12H15N5O. The molecule has 0 aromatic carbocycles. The van der Waals surface area contributed by atoms with Gasteiger partial charge in [-0.1, -0.05) is 0 Å². The van der Waals surface area contributed by atoms with Crippen molar-refractivity contribution in [2.45, 2.75) is 25.3 Å². The minimum Gasteiger partial charge on any atom is -0.335 e. The standard InChI is InChI=1S/C12H15N5O/c13-6-1-7-17(10-3-4-10)12(18)9-2-5-11(16-14)15-8-9/h2,5,8,10H,1,3-4,7,14H2,(H,15,16). The molecule has 0 spiro atoms. The molecule has 1 aliphatic rings. The first-order valence-corrected chi connectivity index (χ1v) is 5.87. The second kappa shape index (κ2) is 5.47. The Bertz CT molecular complexity index is 460. The smallest absolute Gasteiger partial charge is 0.255 e. The molecule has 1 amide bonds. The highest BCUT2D eigenvalue weighted by Crippen LogP contribution is 2.28. The second-order valence-electron chi connectivity index (χ2n) is 4.21. The Balaban J connectivity index is 2.09. The van der Waals surface area contributed by atoms with Crippen LogP contribution in [0.3, 0.4) is 0 Å². The molecule has 3 N–H and O–H groups in total. The Morgan fingerprint density at radius 2 is 2.39 bits per heavy atom. The Hall–Kier alpha value is -2.13. The van der Waals surface area contributed by atoms with Crippen LogP contribution >= 0.6 is 0 Å². The third-order valence-corrected chi connectivity index (χ3v) is 2.87. The summed E-state index contributed by atoms with van der Waals surface area (Å²) in [4.78, 5) is 18.0. The van der Waals surface area contributed by atoms with Gasteiger partial charge in [0.05, 0.1) is 18.1 Å². The van der Waals surface area contributed by atoms with E-state index >= 15 is 0 Å². The summed E-state index contributed by atoms with van der Waals surface area (Å²) in [7, 11) is 0. The van der Waals surface area contributed by atoms with Gasteiger partial charge in [0, 0.05) is 18.8 Å². The van der Waals surface area contributed by atoms with Crippen molar-refractivity contribution >= 4 is 11.7 Å². The molecule has 0 radical (unpaired) electrons. The molecule has 0 bridgehead atoms. The number of pyridine rings is 1. The van der Waals surface area contributed by atoms with Gasteiger partial charge in [0.25, 0.3) is 5.91 Å². The molecule has 0 unspecified atom stereocenters. The number of carbonyl (C=O) groups excluding carboxylic acids is 1. The highest BCUT2D eigenvalue weighted by atomic mass is 16.2. The number of anilines is 1. The normalized spacial score (nSPS) is 13.8. The number of rotatable bonds is 5. The first-order chi connectivity index (χ1) is 8.76. The van der Waals surface area contributed by atoms with E-state index in [0.29, 0.717) is 24.3 Å². The molecule has 1 heterocycles. The number of nitrogens with one attached hydrogen (secondary N) is 1. The lowest BCUT2D eigenvalue weighted by Gasteiger charge is -2.21. The van der Waals surface area contributed by atoms with Crippen molar-refractivity contribution < 1.29 is 4.79 Å². The Labute approximate surface area is 105 Å². The zero-order chi connectivity index (χ0) is 13.0. The molecule has 1 aliphatic carbocycles. The quantitative estimate of drug-likeness (QED) is 0.593. The zero-order valence-corrected chi connectivity index (χ0v) is 9.97. The minimum absolute atomic E-state index is 0.0659. The summed E-state index contributed by atoms with van der Waals surface area (Å²) in [5.74, 6) is 5.67. The van der Waals surface area contributed by atoms with Gasteiger partial charge in [0.1, 0.15) is 5.82 Å². The zero-order valence-electron chi connectivity index (χ0n) is 9.97. The first-order valence-electron chi connectivity index (χ1n) is 5.87. The molecule has 0 aliphatic heterocycles. The van der Waals surface area contributed by atoms with Gasteiger partial charge >= 0.3 is 0 Å². The number of hydrogen-bond donors (Lipinski definition) is 2. The first kappa shape index (κ1) is 12.3. The van der Waals surface area contributed by atoms with Crippen LogP contribution in [0.1, 0.15) is 29.6 Å². The minimum atomic E-state index is -0.0659. The average molecular weight is 245 g/mol. The monoisotopic (exact) mass is 245 g/mol. The molecule has 94 valence electrons. The van der Waals surface area contributed by atoms with Crippen molar-refractivity contribution in [3.63, 3.8) is 0 Å². The Morgan fingerprint density at radius 1 is 1.61 bits per heavy atom. The summed E-state index contributed by atoms with van der Waals surface area (Å²) >= 11 is 0. The third-order valence-electron chi connectivity index (χ3n) is 2.87. The van der Waals surface area contributed by atoms with Gasteiger partial charge in [0.2, 0.25) is 0 Å². The van der Waals surface area contributed by atoms with Gasteiger partial charge in [-0.25, -0.2) is 10.8 Å². The summed E-state index contributed by atoms with van der Waals surface area (Å²) in [6, 6.07) is 5.70. The summed E-state index contributed by atoms with van der Waals surface area (Å²) in [6.07, 6.45) is 3.90. The molecule has 2 rings (SSSR count). The summed E-state index contributed by atoms with van der Waals surface area (Å²) < 4.78 is 0. The van der Waals surface area contributed by atoms with E-state index in [-0.39, 0.29) is 11.9 Å². The maximum atomic E-state index is 12.3. The van der Waals surface area contributed by atoms with Gasteiger partial charge in [-0.15, -0.1) is 0 Å². The number of aromatic nitrogens is 1. The van der Waals surface area contributed by atoms with Gasteiger partial charge in [-0.05, 0) is 25.0 Å². The number of nitriles is 1. The van der Waals surface area contributed by atoms with Crippen molar-refractivity contribution in [1.82, 2.24) is 9.88 Å². The van der Waals surface area contributed by atoms with Crippen LogP contribution in [0.15, 0.2) is 18.3 Å². The second-order valence-corrected chi connectivity index (χ2v) is 4.21. The molecule has 1 aromatic heterocycles. The number of hydrogen-bond acceptors (Lipinski definition) is 5. The van der Waals surface area contributed by atoms with Crippen LogP contribution in [0, 0.1) is 11.3 Å². The van der Waals surface area contributed by atoms with E-state index in [0.717, 1.165) is 12.8 Å². The molecule has 1 saturated carbocycles. The van der Waals surface area contributed by atoms with E-state index in [1.54, 1.807) is 17.0 Å². The molecule has 18 heavy (non-hydrogen) atoms. The van der Waals surface area contributed by atoms with E-state index in [1.165, 1.54) is 6.20 Å². The number of hydrazine groups is 1. The summed E-state index contributed by atoms with van der Waals surface area (Å²) in [5.41, 5.74) is 2.94. The average Bonchev–Trinajstić information content (AvgIpc) is 3.24. The lowest BCUT2D eigenvalue weighted by molar-refractivity contribution is 0.0746. The molecule has 1 aromatic rings. The fourth-order valence-electron chi connectivity index (χ4n) is 1.78. The maximum absolute atomic E-state index is 12.3. The van der Waals surface area contributed by atoms with Crippen molar-refractivity contribution in [1.29, 1.82) is 5.26 Å². The van der Waals surface area contributed by atoms with E-state index < -0.39 is 0 Å². The molecule has 1 fully saturated rings. The summed E-state index contributed by atoms with van der Waals surface area (Å²) in [6.45, 7) is 0.483. The van der Waals surface area contributed by atoms with Crippen molar-refractivity contribution in [2.24, 2.45) is 5.84 Å². The molecule has 6 nitrogen and oxygen atoms in total. The number of carbonyl (C=O) groups is 1. The predicted molar refractivity (Wildman–Crippen MR) is 66.3 cm³/mol. The fourth-order valence-corrected chi connectivity index (χ4v) is 1.78. The number of nitrogen functional groups attached to an aromatic ring is 1. The largest absolute Gasteiger partial charge is 0.335 e. The number of amides is 1. The number of nitrogens with two attached hydrogens (primary N) is 1. The molecule has 0 atom stereocenters. The van der Waals surface area contributed by atoms with E-state index in [9.17, 15) is 4.79 Å². The van der Waals surface area contributed by atoms with E-state index in [2.05, 4.69) is 16.5 Å². The molecule has 0 saturated heterocycles. The lowest BCUT2D eigenvalue weighted by atomic mass is 10.2. The van der Waals surface area contributed by atoms with Crippen LogP contribution in [-0.4, -0.2) is 28.4 Å². The van der Waals surface area contributed by atoms with Crippen molar-refractivity contribution in [3.05, 3.63) is 23.9 Å². The van der Waals surface area contributed by atoms with Gasteiger partial charge in [-0.3, -0.25) is 4.79 Å². The molecular weight excluding hydrogens is 230 g/mol. The highest BCUT2D eigenvalue weighted by Gasteiger charge is 2.32. The Kier molecular flexibility index (Phi) is 3.75. The Morgan fingerprint density at radius 3 is 2.89 bits per heavy atom. The van der Waals surface area contributed by atoms with Crippen molar-refractivity contribution in [3.8, 4) is 6.07 Å². The van der Waals surface area contributed by atoms with Gasteiger partial charge < -0.3 is 10.3 Å². The van der Waals surface area contributed by atoms with E-state index in [4.69, 9.17) is 11.1 Å². The van der Waals surface area contributed by atoms with Crippen LogP contribution < -0.4 is 11.3 Å². The van der Waals surface area contributed by atoms with Crippen molar-refractivity contribution in [2.75, 3.05) is 12.0 Å². The molecule has 6 heteroatoms. The predicted octanol–water partition coefficient (Wildman–Crippen LogP) is 0.885. The highest BCUT2D eigenvalue weighted by molar-refractivity contribution is 5.94. The van der Waals surface area contributed by atoms with Crippen LogP contribution in [0.4, 0.5) is 5.82 Å². The summed E-state index contributed by atoms with van der Waals surface area (Å²) in [5, 5.41) is 8.62.